The molecule has 3 amide bonds. The summed E-state index contributed by atoms with van der Waals surface area (Å²) < 4.78 is 28.7. The van der Waals surface area contributed by atoms with Gasteiger partial charge in [-0.2, -0.15) is 0 Å². The molecular weight excluding hydrogens is 452 g/mol. The fraction of sp³-hybridized carbons (Fsp3) is 0.444. The number of amides is 3. The number of piperidine rings is 1. The second-order valence-corrected chi connectivity index (χ2v) is 10.1. The quantitative estimate of drug-likeness (QED) is 0.671. The first-order chi connectivity index (χ1) is 16.8. The predicted octanol–water partition coefficient (Wildman–Crippen LogP) is 3.78. The summed E-state index contributed by atoms with van der Waals surface area (Å²) in [4.78, 5) is 43.7. The SMILES string of the molecule is Cc1ccc(F)c(C(=O)N2CCC3(CC2)CCN(C(=O)C2CC(=O)N(c4ccccc4)C2)C3)c1F. The Morgan fingerprint density at radius 2 is 1.60 bits per heavy atom. The molecule has 3 aliphatic heterocycles. The van der Waals surface area contributed by atoms with Crippen molar-refractivity contribution in [3.63, 3.8) is 0 Å². The Hall–Kier alpha value is -3.29. The number of aryl methyl sites for hydroxylation is 1. The highest BCUT2D eigenvalue weighted by molar-refractivity contribution is 6.00. The lowest BCUT2D eigenvalue weighted by molar-refractivity contribution is -0.135. The van der Waals surface area contributed by atoms with Crippen LogP contribution in [0.5, 0.6) is 0 Å². The molecule has 6 nitrogen and oxygen atoms in total. The lowest BCUT2D eigenvalue weighted by atomic mass is 9.77. The third kappa shape index (κ3) is 4.30. The van der Waals surface area contributed by atoms with Gasteiger partial charge in [0.25, 0.3) is 5.91 Å². The van der Waals surface area contributed by atoms with Gasteiger partial charge in [0, 0.05) is 44.8 Å². The Bertz CT molecular complexity index is 1160. The third-order valence-electron chi connectivity index (χ3n) is 7.90. The van der Waals surface area contributed by atoms with Crippen LogP contribution < -0.4 is 4.90 Å². The molecule has 3 aliphatic rings. The Morgan fingerprint density at radius 1 is 0.943 bits per heavy atom. The number of carbonyl (C=O) groups excluding carboxylic acids is 3. The number of carbonyl (C=O) groups is 3. The molecule has 1 unspecified atom stereocenters. The second-order valence-electron chi connectivity index (χ2n) is 10.1. The number of para-hydroxylation sites is 1. The van der Waals surface area contributed by atoms with Gasteiger partial charge in [-0.05, 0) is 55.4 Å². The van der Waals surface area contributed by atoms with E-state index in [1.807, 2.05) is 35.2 Å². The third-order valence-corrected chi connectivity index (χ3v) is 7.90. The molecule has 0 N–H and O–H groups in total. The average Bonchev–Trinajstić information content (AvgIpc) is 3.46. The van der Waals surface area contributed by atoms with E-state index in [0.717, 1.165) is 18.2 Å². The van der Waals surface area contributed by atoms with Crippen LogP contribution in [-0.2, 0) is 9.59 Å². The molecule has 184 valence electrons. The van der Waals surface area contributed by atoms with Gasteiger partial charge in [0.1, 0.15) is 17.2 Å². The highest BCUT2D eigenvalue weighted by atomic mass is 19.1. The van der Waals surface area contributed by atoms with E-state index in [0.29, 0.717) is 45.6 Å². The molecule has 0 aromatic heterocycles. The molecule has 3 saturated heterocycles. The molecule has 1 atom stereocenters. The summed E-state index contributed by atoms with van der Waals surface area (Å²) in [6.07, 6.45) is 2.40. The lowest BCUT2D eigenvalue weighted by Crippen LogP contribution is -2.45. The Balaban J connectivity index is 1.20. The molecule has 3 fully saturated rings. The summed E-state index contributed by atoms with van der Waals surface area (Å²) in [6, 6.07) is 11.8. The van der Waals surface area contributed by atoms with Gasteiger partial charge in [-0.25, -0.2) is 8.78 Å². The van der Waals surface area contributed by atoms with Gasteiger partial charge in [-0.15, -0.1) is 0 Å². The lowest BCUT2D eigenvalue weighted by Gasteiger charge is -2.39. The largest absolute Gasteiger partial charge is 0.342 e. The van der Waals surface area contributed by atoms with Crippen LogP contribution >= 0.6 is 0 Å². The van der Waals surface area contributed by atoms with E-state index in [-0.39, 0.29) is 35.1 Å². The highest BCUT2D eigenvalue weighted by Gasteiger charge is 2.46. The zero-order valence-electron chi connectivity index (χ0n) is 19.8. The van der Waals surface area contributed by atoms with Crippen molar-refractivity contribution in [3.8, 4) is 0 Å². The summed E-state index contributed by atoms with van der Waals surface area (Å²) in [7, 11) is 0. The molecule has 8 heteroatoms. The van der Waals surface area contributed by atoms with E-state index >= 15 is 0 Å². The Morgan fingerprint density at radius 3 is 2.29 bits per heavy atom. The number of hydrogen-bond acceptors (Lipinski definition) is 3. The smallest absolute Gasteiger partial charge is 0.259 e. The van der Waals surface area contributed by atoms with Crippen molar-refractivity contribution >= 4 is 23.4 Å². The molecule has 2 aromatic rings. The van der Waals surface area contributed by atoms with Gasteiger partial charge in [-0.3, -0.25) is 14.4 Å². The number of benzene rings is 2. The van der Waals surface area contributed by atoms with Crippen molar-refractivity contribution in [2.75, 3.05) is 37.6 Å². The maximum Gasteiger partial charge on any atom is 0.259 e. The molecular formula is C27H29F2N3O3. The number of rotatable bonds is 3. The number of anilines is 1. The number of likely N-dealkylation sites (tertiary alicyclic amines) is 2. The van der Waals surface area contributed by atoms with Gasteiger partial charge in [0.2, 0.25) is 11.8 Å². The van der Waals surface area contributed by atoms with Crippen molar-refractivity contribution in [3.05, 3.63) is 65.2 Å². The first-order valence-electron chi connectivity index (χ1n) is 12.2. The van der Waals surface area contributed by atoms with Crippen LogP contribution in [0.2, 0.25) is 0 Å². The van der Waals surface area contributed by atoms with Gasteiger partial charge in [-0.1, -0.05) is 24.3 Å². The van der Waals surface area contributed by atoms with E-state index in [4.69, 9.17) is 0 Å². The normalized spacial score (nSPS) is 21.7. The van der Waals surface area contributed by atoms with Crippen LogP contribution in [0.15, 0.2) is 42.5 Å². The molecule has 0 saturated carbocycles. The summed E-state index contributed by atoms with van der Waals surface area (Å²) in [5, 5.41) is 0. The number of halogens is 2. The van der Waals surface area contributed by atoms with Gasteiger partial charge < -0.3 is 14.7 Å². The van der Waals surface area contributed by atoms with Crippen molar-refractivity contribution < 1.29 is 23.2 Å². The molecule has 0 aliphatic carbocycles. The first-order valence-corrected chi connectivity index (χ1v) is 12.2. The van der Waals surface area contributed by atoms with Crippen LogP contribution in [0.25, 0.3) is 0 Å². The van der Waals surface area contributed by atoms with E-state index in [2.05, 4.69) is 0 Å². The average molecular weight is 482 g/mol. The topological polar surface area (TPSA) is 60.9 Å². The number of hydrogen-bond donors (Lipinski definition) is 0. The van der Waals surface area contributed by atoms with Crippen molar-refractivity contribution in [1.82, 2.24) is 9.80 Å². The van der Waals surface area contributed by atoms with Crippen LogP contribution in [0.3, 0.4) is 0 Å². The van der Waals surface area contributed by atoms with Crippen molar-refractivity contribution in [2.24, 2.45) is 11.3 Å². The van der Waals surface area contributed by atoms with Crippen LogP contribution in [-0.4, -0.2) is 60.2 Å². The van der Waals surface area contributed by atoms with Crippen molar-refractivity contribution in [2.45, 2.75) is 32.6 Å². The predicted molar refractivity (Wildman–Crippen MR) is 127 cm³/mol. The minimum Gasteiger partial charge on any atom is -0.342 e. The molecule has 35 heavy (non-hydrogen) atoms. The zero-order valence-corrected chi connectivity index (χ0v) is 19.8. The fourth-order valence-electron chi connectivity index (χ4n) is 5.71. The summed E-state index contributed by atoms with van der Waals surface area (Å²) in [5.41, 5.74) is 0.462. The molecule has 3 heterocycles. The minimum atomic E-state index is -0.841. The monoisotopic (exact) mass is 481 g/mol. The standard InChI is InChI=1S/C27H29F2N3O3/c1-18-7-8-21(28)23(24(18)29)26(35)30-12-9-27(10-13-30)11-14-31(17-27)25(34)19-15-22(33)32(16-19)20-5-3-2-4-6-20/h2-8,19H,9-17H2,1H3. The Labute approximate surface area is 203 Å². The van der Waals surface area contributed by atoms with Gasteiger partial charge >= 0.3 is 0 Å². The maximum atomic E-state index is 14.5. The summed E-state index contributed by atoms with van der Waals surface area (Å²) >= 11 is 0. The minimum absolute atomic E-state index is 0.0102. The van der Waals surface area contributed by atoms with Crippen molar-refractivity contribution in [1.29, 1.82) is 0 Å². The first kappa shape index (κ1) is 23.5. The molecule has 1 spiro atoms. The van der Waals surface area contributed by atoms with Crippen LogP contribution in [0, 0.1) is 29.9 Å². The zero-order chi connectivity index (χ0) is 24.7. The Kier molecular flexibility index (Phi) is 6.07. The van der Waals surface area contributed by atoms with Crippen LogP contribution in [0.4, 0.5) is 14.5 Å². The van der Waals surface area contributed by atoms with Crippen LogP contribution in [0.1, 0.15) is 41.6 Å². The van der Waals surface area contributed by atoms with E-state index in [9.17, 15) is 23.2 Å². The number of nitrogens with zero attached hydrogens (tertiary/aromatic N) is 3. The van der Waals surface area contributed by atoms with E-state index in [1.165, 1.54) is 17.9 Å². The van der Waals surface area contributed by atoms with Gasteiger partial charge in [0.05, 0.1) is 5.92 Å². The maximum absolute atomic E-state index is 14.5. The molecule has 2 aromatic carbocycles. The summed E-state index contributed by atoms with van der Waals surface area (Å²) in [6.45, 7) is 3.93. The second kappa shape index (κ2) is 9.06. The molecule has 0 radical (unpaired) electrons. The molecule has 5 rings (SSSR count). The van der Waals surface area contributed by atoms with E-state index in [1.54, 1.807) is 4.90 Å². The fourth-order valence-corrected chi connectivity index (χ4v) is 5.71. The van der Waals surface area contributed by atoms with E-state index < -0.39 is 23.1 Å². The van der Waals surface area contributed by atoms with Gasteiger partial charge in [0.15, 0.2) is 0 Å². The highest BCUT2D eigenvalue weighted by Crippen LogP contribution is 2.41. The molecule has 0 bridgehead atoms. The summed E-state index contributed by atoms with van der Waals surface area (Å²) in [5.74, 6) is -2.64.